The number of carbonyl (C=O) groups excluding carboxylic acids is 1. The number of unbranched alkanes of at least 4 members (excludes halogenated alkanes) is 1. The highest BCUT2D eigenvalue weighted by Gasteiger charge is 2.38. The zero-order chi connectivity index (χ0) is 18.6. The number of piperidine rings is 1. The first-order chi connectivity index (χ1) is 11.7. The summed E-state index contributed by atoms with van der Waals surface area (Å²) in [5.41, 5.74) is -1.56. The summed E-state index contributed by atoms with van der Waals surface area (Å²) >= 11 is 0. The zero-order valence-corrected chi connectivity index (χ0v) is 15.1. The maximum atomic E-state index is 12.9. The van der Waals surface area contributed by atoms with E-state index in [1.807, 2.05) is 0 Å². The van der Waals surface area contributed by atoms with Crippen molar-refractivity contribution in [1.29, 1.82) is 0 Å². The standard InChI is InChI=1S/C17H27F3N4O/c1-12-8-13(2)10-24(9-12)7-5-4-6-21-16(25)14-11-23(3)22-15(14)17(18,19)20/h11-13H,4-10H2,1-3H3,(H,21,25)/t12-,13-/m0/s1. The van der Waals surface area contributed by atoms with Gasteiger partial charge in [-0.3, -0.25) is 9.48 Å². The van der Waals surface area contributed by atoms with Crippen LogP contribution in [0.3, 0.4) is 0 Å². The van der Waals surface area contributed by atoms with Crippen LogP contribution in [0.15, 0.2) is 6.20 Å². The van der Waals surface area contributed by atoms with Gasteiger partial charge in [0.1, 0.15) is 0 Å². The molecule has 1 aliphatic rings. The molecule has 0 aliphatic carbocycles. The molecule has 0 radical (unpaired) electrons. The van der Waals surface area contributed by atoms with Crippen LogP contribution in [0.1, 0.15) is 49.2 Å². The molecule has 1 aromatic heterocycles. The van der Waals surface area contributed by atoms with Crippen LogP contribution in [0.5, 0.6) is 0 Å². The van der Waals surface area contributed by atoms with E-state index in [1.54, 1.807) is 0 Å². The molecule has 1 N–H and O–H groups in total. The minimum Gasteiger partial charge on any atom is -0.352 e. The molecule has 2 rings (SSSR count). The lowest BCUT2D eigenvalue weighted by Gasteiger charge is -2.34. The van der Waals surface area contributed by atoms with Crippen molar-refractivity contribution in [2.24, 2.45) is 18.9 Å². The van der Waals surface area contributed by atoms with Crippen LogP contribution in [0.2, 0.25) is 0 Å². The van der Waals surface area contributed by atoms with E-state index < -0.39 is 23.3 Å². The normalized spacial score (nSPS) is 22.2. The van der Waals surface area contributed by atoms with E-state index in [4.69, 9.17) is 0 Å². The average molecular weight is 360 g/mol. The topological polar surface area (TPSA) is 50.2 Å². The van der Waals surface area contributed by atoms with Crippen molar-refractivity contribution in [3.63, 3.8) is 0 Å². The molecule has 1 aromatic rings. The summed E-state index contributed by atoms with van der Waals surface area (Å²) < 4.78 is 39.6. The number of carbonyl (C=O) groups is 1. The Balaban J connectivity index is 1.74. The van der Waals surface area contributed by atoms with Gasteiger partial charge < -0.3 is 10.2 Å². The quantitative estimate of drug-likeness (QED) is 0.794. The summed E-state index contributed by atoms with van der Waals surface area (Å²) in [4.78, 5) is 14.4. The third-order valence-corrected chi connectivity index (χ3v) is 4.47. The van der Waals surface area contributed by atoms with Gasteiger partial charge in [-0.15, -0.1) is 0 Å². The Labute approximate surface area is 146 Å². The van der Waals surface area contributed by atoms with Crippen LogP contribution < -0.4 is 5.32 Å². The van der Waals surface area contributed by atoms with Crippen LogP contribution >= 0.6 is 0 Å². The van der Waals surface area contributed by atoms with E-state index in [2.05, 4.69) is 29.2 Å². The first kappa shape index (κ1) is 19.8. The Bertz CT molecular complexity index is 575. The van der Waals surface area contributed by atoms with Crippen molar-refractivity contribution < 1.29 is 18.0 Å². The zero-order valence-electron chi connectivity index (χ0n) is 15.1. The third-order valence-electron chi connectivity index (χ3n) is 4.47. The summed E-state index contributed by atoms with van der Waals surface area (Å²) in [5.74, 6) is 0.685. The predicted octanol–water partition coefficient (Wildman–Crippen LogP) is 2.93. The fourth-order valence-corrected chi connectivity index (χ4v) is 3.60. The summed E-state index contributed by atoms with van der Waals surface area (Å²) in [6, 6.07) is 0. The number of nitrogens with one attached hydrogen (secondary N) is 1. The third kappa shape index (κ3) is 5.73. The number of likely N-dealkylation sites (tertiary alicyclic amines) is 1. The molecule has 2 atom stereocenters. The summed E-state index contributed by atoms with van der Waals surface area (Å²) in [6.45, 7) is 8.04. The van der Waals surface area contributed by atoms with Gasteiger partial charge in [0.15, 0.2) is 5.69 Å². The second-order valence-electron chi connectivity index (χ2n) is 7.23. The molecule has 142 valence electrons. The van der Waals surface area contributed by atoms with Gasteiger partial charge in [0.05, 0.1) is 5.56 Å². The van der Waals surface area contributed by atoms with Gasteiger partial charge in [-0.25, -0.2) is 0 Å². The van der Waals surface area contributed by atoms with Crippen molar-refractivity contribution >= 4 is 5.91 Å². The number of amides is 1. The summed E-state index contributed by atoms with van der Waals surface area (Å²) in [7, 11) is 1.37. The highest BCUT2D eigenvalue weighted by atomic mass is 19.4. The largest absolute Gasteiger partial charge is 0.435 e. The lowest BCUT2D eigenvalue weighted by Crippen LogP contribution is -2.39. The van der Waals surface area contributed by atoms with E-state index in [-0.39, 0.29) is 0 Å². The molecule has 0 aromatic carbocycles. The van der Waals surface area contributed by atoms with E-state index in [0.29, 0.717) is 18.4 Å². The monoisotopic (exact) mass is 360 g/mol. The average Bonchev–Trinajstić information content (AvgIpc) is 2.88. The van der Waals surface area contributed by atoms with Gasteiger partial charge in [0, 0.05) is 32.9 Å². The minimum absolute atomic E-state index is 0.365. The van der Waals surface area contributed by atoms with Crippen molar-refractivity contribution in [1.82, 2.24) is 20.0 Å². The molecule has 2 heterocycles. The van der Waals surface area contributed by atoms with Crippen LogP contribution in [0.4, 0.5) is 13.2 Å². The molecule has 0 saturated carbocycles. The van der Waals surface area contributed by atoms with E-state index in [0.717, 1.165) is 43.4 Å². The fraction of sp³-hybridized carbons (Fsp3) is 0.765. The van der Waals surface area contributed by atoms with Crippen molar-refractivity contribution in [3.8, 4) is 0 Å². The van der Waals surface area contributed by atoms with Crippen molar-refractivity contribution in [2.75, 3.05) is 26.2 Å². The van der Waals surface area contributed by atoms with Crippen LogP contribution in [-0.2, 0) is 13.2 Å². The molecule has 5 nitrogen and oxygen atoms in total. The van der Waals surface area contributed by atoms with Gasteiger partial charge in [0.25, 0.3) is 5.91 Å². The number of aromatic nitrogens is 2. The van der Waals surface area contributed by atoms with Gasteiger partial charge in [0.2, 0.25) is 0 Å². The van der Waals surface area contributed by atoms with Crippen LogP contribution in [0.25, 0.3) is 0 Å². The van der Waals surface area contributed by atoms with Crippen LogP contribution in [0, 0.1) is 11.8 Å². The number of nitrogens with zero attached hydrogens (tertiary/aromatic N) is 3. The second kappa shape index (κ2) is 8.21. The maximum absolute atomic E-state index is 12.9. The molecule has 1 aliphatic heterocycles. The molecule has 0 bridgehead atoms. The summed E-state index contributed by atoms with van der Waals surface area (Å²) in [5, 5.41) is 5.92. The van der Waals surface area contributed by atoms with E-state index >= 15 is 0 Å². The molecular formula is C17H27F3N4O. The molecule has 1 saturated heterocycles. The van der Waals surface area contributed by atoms with Gasteiger partial charge in [-0.2, -0.15) is 18.3 Å². The molecule has 8 heteroatoms. The Morgan fingerprint density at radius 3 is 2.52 bits per heavy atom. The first-order valence-electron chi connectivity index (χ1n) is 8.78. The number of halogens is 3. The molecule has 25 heavy (non-hydrogen) atoms. The van der Waals surface area contributed by atoms with Crippen LogP contribution in [-0.4, -0.2) is 46.8 Å². The van der Waals surface area contributed by atoms with Crippen molar-refractivity contribution in [2.45, 2.75) is 39.3 Å². The lowest BCUT2D eigenvalue weighted by molar-refractivity contribution is -0.141. The molecule has 1 amide bonds. The number of hydrogen-bond donors (Lipinski definition) is 1. The molecule has 0 unspecified atom stereocenters. The smallest absolute Gasteiger partial charge is 0.352 e. The molecule has 1 fully saturated rings. The Morgan fingerprint density at radius 1 is 1.28 bits per heavy atom. The molecule has 0 spiro atoms. The molecular weight excluding hydrogens is 333 g/mol. The maximum Gasteiger partial charge on any atom is 0.435 e. The lowest BCUT2D eigenvalue weighted by atomic mass is 9.92. The minimum atomic E-state index is -4.63. The van der Waals surface area contributed by atoms with E-state index in [9.17, 15) is 18.0 Å². The highest BCUT2D eigenvalue weighted by molar-refractivity contribution is 5.95. The Morgan fingerprint density at radius 2 is 1.92 bits per heavy atom. The first-order valence-corrected chi connectivity index (χ1v) is 8.78. The fourth-order valence-electron chi connectivity index (χ4n) is 3.60. The SMILES string of the molecule is C[C@H]1C[C@H](C)CN(CCCCNC(=O)c2cn(C)nc2C(F)(F)F)C1. The van der Waals surface area contributed by atoms with Gasteiger partial charge >= 0.3 is 6.18 Å². The summed E-state index contributed by atoms with van der Waals surface area (Å²) in [6.07, 6.45) is -0.602. The number of rotatable bonds is 6. The highest BCUT2D eigenvalue weighted by Crippen LogP contribution is 2.30. The van der Waals surface area contributed by atoms with E-state index in [1.165, 1.54) is 13.5 Å². The van der Waals surface area contributed by atoms with Gasteiger partial charge in [-0.1, -0.05) is 13.8 Å². The number of aryl methyl sites for hydroxylation is 1. The second-order valence-corrected chi connectivity index (χ2v) is 7.23. The number of hydrogen-bond acceptors (Lipinski definition) is 3. The Hall–Kier alpha value is -1.57. The predicted molar refractivity (Wildman–Crippen MR) is 89.2 cm³/mol. The van der Waals surface area contributed by atoms with Gasteiger partial charge in [-0.05, 0) is 37.6 Å². The number of alkyl halides is 3. The van der Waals surface area contributed by atoms with Crippen molar-refractivity contribution in [3.05, 3.63) is 17.5 Å². The Kier molecular flexibility index (Phi) is 6.48.